The molecule has 10 nitrogen and oxygen atoms in total. The number of fused-ring (bicyclic) bond motifs is 9. The second-order valence-electron chi connectivity index (χ2n) is 15.0. The van der Waals surface area contributed by atoms with Gasteiger partial charge in [-0.15, -0.1) is 0 Å². The molecular weight excluding hydrogens is 652 g/mol. The molecule has 2 bridgehead atoms. The fourth-order valence-electron chi connectivity index (χ4n) is 9.44. The third-order valence-corrected chi connectivity index (χ3v) is 13.2. The maximum absolute atomic E-state index is 15.0. The lowest BCUT2D eigenvalue weighted by molar-refractivity contribution is -0.143. The van der Waals surface area contributed by atoms with Crippen molar-refractivity contribution in [1.82, 2.24) is 23.4 Å². The number of benzene rings is 2. The Morgan fingerprint density at radius 2 is 1.71 bits per heavy atom. The van der Waals surface area contributed by atoms with Crippen LogP contribution in [0.15, 0.2) is 36.4 Å². The van der Waals surface area contributed by atoms with Crippen LogP contribution >= 0.6 is 0 Å². The highest BCUT2D eigenvalue weighted by atomic mass is 32.2. The first kappa shape index (κ1) is 32.6. The molecule has 3 aliphatic heterocycles. The van der Waals surface area contributed by atoms with Crippen LogP contribution in [0.5, 0.6) is 5.75 Å². The van der Waals surface area contributed by atoms with E-state index in [2.05, 4.69) is 26.1 Å². The van der Waals surface area contributed by atoms with E-state index in [4.69, 9.17) is 4.74 Å². The fourth-order valence-corrected chi connectivity index (χ4v) is 9.98. The van der Waals surface area contributed by atoms with E-state index in [0.29, 0.717) is 13.0 Å². The van der Waals surface area contributed by atoms with E-state index < -0.39 is 28.1 Å². The molecule has 13 heteroatoms. The Morgan fingerprint density at radius 3 is 2.39 bits per heavy atom. The highest BCUT2D eigenvalue weighted by Crippen LogP contribution is 2.66. The number of carbonyl (C=O) groups excluding carboxylic acids is 2. The topological polar surface area (TPSA) is 104 Å². The minimum atomic E-state index is -4.02. The molecular formula is C36H43F2N5O5S. The van der Waals surface area contributed by atoms with Crippen molar-refractivity contribution < 1.29 is 31.5 Å². The van der Waals surface area contributed by atoms with Crippen molar-refractivity contribution in [3.05, 3.63) is 53.1 Å². The molecule has 8 rings (SSSR count). The summed E-state index contributed by atoms with van der Waals surface area (Å²) in [6, 6.07) is 10.7. The first-order chi connectivity index (χ1) is 23.4. The van der Waals surface area contributed by atoms with Gasteiger partial charge in [0.25, 0.3) is 5.91 Å². The van der Waals surface area contributed by atoms with Crippen LogP contribution in [0.2, 0.25) is 0 Å². The number of nitrogens with zero attached hydrogens (tertiary/aromatic N) is 4. The maximum Gasteiger partial charge on any atom is 0.387 e. The molecule has 49 heavy (non-hydrogen) atoms. The first-order valence-corrected chi connectivity index (χ1v) is 18.8. The zero-order valence-electron chi connectivity index (χ0n) is 28.1. The second kappa shape index (κ2) is 11.8. The molecule has 3 aromatic rings. The molecule has 0 spiro atoms. The van der Waals surface area contributed by atoms with Crippen molar-refractivity contribution in [3.63, 3.8) is 0 Å². The monoisotopic (exact) mass is 695 g/mol. The molecule has 4 atom stereocenters. The molecule has 4 unspecified atom stereocenters. The molecule has 4 heterocycles. The number of alkyl halides is 2. The van der Waals surface area contributed by atoms with Crippen LogP contribution in [0.1, 0.15) is 84.7 Å². The normalized spacial score (nSPS) is 26.8. The number of carbonyl (C=O) groups is 2. The number of hydrogen-bond donors (Lipinski definition) is 1. The summed E-state index contributed by atoms with van der Waals surface area (Å²) >= 11 is 0. The molecule has 1 aromatic heterocycles. The van der Waals surface area contributed by atoms with Gasteiger partial charge in [0, 0.05) is 73.8 Å². The third-order valence-electron chi connectivity index (χ3n) is 11.8. The lowest BCUT2D eigenvalue weighted by atomic mass is 9.81. The number of likely N-dealkylation sites (tertiary alicyclic amines) is 1. The van der Waals surface area contributed by atoms with Gasteiger partial charge in [-0.25, -0.2) is 4.72 Å². The highest BCUT2D eigenvalue weighted by Gasteiger charge is 2.65. The second-order valence-corrected chi connectivity index (χ2v) is 16.9. The van der Waals surface area contributed by atoms with Gasteiger partial charge < -0.3 is 19.1 Å². The maximum atomic E-state index is 15.0. The number of rotatable bonds is 7. The van der Waals surface area contributed by atoms with Gasteiger partial charge in [-0.2, -0.15) is 21.5 Å². The van der Waals surface area contributed by atoms with Crippen molar-refractivity contribution in [1.29, 1.82) is 0 Å². The van der Waals surface area contributed by atoms with Gasteiger partial charge in [0.05, 0.1) is 11.1 Å². The Morgan fingerprint density at radius 1 is 1.00 bits per heavy atom. The summed E-state index contributed by atoms with van der Waals surface area (Å²) in [6.45, 7) is -0.949. The van der Waals surface area contributed by atoms with E-state index in [1.54, 1.807) is 24.3 Å². The SMILES string of the molecule is CN1CC2CCC(C1)N2C(=O)C12CC1c1cc(OC(F)F)ccc1-c1c(C3CCCCC3)c3ccc(C(=O)NS(=O)(=O)N(C)C)cc3n1C2. The van der Waals surface area contributed by atoms with Crippen LogP contribution < -0.4 is 9.46 Å². The van der Waals surface area contributed by atoms with Crippen LogP contribution in [-0.2, 0) is 21.5 Å². The zero-order valence-corrected chi connectivity index (χ0v) is 28.9. The molecule has 2 saturated carbocycles. The predicted octanol–water partition coefficient (Wildman–Crippen LogP) is 5.29. The largest absolute Gasteiger partial charge is 0.435 e. The standard InChI is InChI=1S/C36H43F2N5O5S/c1-40(2)49(46,47)39-33(44)22-9-13-27-30(15-22)42-20-36(34(45)43-23-10-11-24(43)19-41(3)18-23)17-29(36)28-16-25(48-35(37)38)12-14-26(28)32(42)31(27)21-7-5-4-6-8-21/h9,12-16,21,23-24,29,35H,4-8,10-11,17-20H2,1-3H3,(H,39,44). The molecule has 262 valence electrons. The lowest BCUT2D eigenvalue weighted by Gasteiger charge is -2.41. The van der Waals surface area contributed by atoms with Gasteiger partial charge in [-0.05, 0) is 86.5 Å². The summed E-state index contributed by atoms with van der Waals surface area (Å²) in [5.74, 6) is -0.491. The van der Waals surface area contributed by atoms with E-state index in [1.807, 2.05) is 12.1 Å². The van der Waals surface area contributed by atoms with Gasteiger partial charge in [-0.3, -0.25) is 9.59 Å². The van der Waals surface area contributed by atoms with Crippen LogP contribution in [0, 0.1) is 5.41 Å². The zero-order chi connectivity index (χ0) is 34.4. The molecule has 2 saturated heterocycles. The quantitative estimate of drug-likeness (QED) is 0.361. The lowest BCUT2D eigenvalue weighted by Crippen LogP contribution is -2.57. The van der Waals surface area contributed by atoms with Crippen LogP contribution in [0.3, 0.4) is 0 Å². The summed E-state index contributed by atoms with van der Waals surface area (Å²) in [5.41, 5.74) is 4.03. The smallest absolute Gasteiger partial charge is 0.387 e. The molecule has 2 aliphatic carbocycles. The average molecular weight is 696 g/mol. The fraction of sp³-hybridized carbons (Fsp3) is 0.556. The van der Waals surface area contributed by atoms with Crippen molar-refractivity contribution in [2.75, 3.05) is 34.2 Å². The number of amides is 2. The average Bonchev–Trinajstić information content (AvgIpc) is 3.64. The molecule has 2 aromatic carbocycles. The first-order valence-electron chi connectivity index (χ1n) is 17.4. The molecule has 1 N–H and O–H groups in total. The van der Waals surface area contributed by atoms with E-state index in [9.17, 15) is 26.8 Å². The summed E-state index contributed by atoms with van der Waals surface area (Å²) in [5, 5.41) is 0.967. The minimum Gasteiger partial charge on any atom is -0.435 e. The van der Waals surface area contributed by atoms with Crippen molar-refractivity contribution in [2.24, 2.45) is 5.41 Å². The number of piperazine rings is 1. The number of aromatic nitrogens is 1. The number of hydrogen-bond acceptors (Lipinski definition) is 6. The van der Waals surface area contributed by atoms with Gasteiger partial charge in [0.15, 0.2) is 0 Å². The molecule has 0 radical (unpaired) electrons. The summed E-state index contributed by atoms with van der Waals surface area (Å²) < 4.78 is 62.3. The van der Waals surface area contributed by atoms with Gasteiger partial charge in [-0.1, -0.05) is 25.3 Å². The van der Waals surface area contributed by atoms with E-state index >= 15 is 0 Å². The summed E-state index contributed by atoms with van der Waals surface area (Å²) in [7, 11) is 0.782. The van der Waals surface area contributed by atoms with Crippen LogP contribution in [0.25, 0.3) is 22.2 Å². The van der Waals surface area contributed by atoms with E-state index in [0.717, 1.165) is 95.6 Å². The van der Waals surface area contributed by atoms with E-state index in [-0.39, 0.29) is 41.1 Å². The van der Waals surface area contributed by atoms with Gasteiger partial charge in [0.1, 0.15) is 5.75 Å². The summed E-state index contributed by atoms with van der Waals surface area (Å²) in [6.07, 6.45) is 7.83. The van der Waals surface area contributed by atoms with Crippen molar-refractivity contribution in [3.8, 4) is 17.0 Å². The minimum absolute atomic E-state index is 0.0755. The van der Waals surface area contributed by atoms with E-state index in [1.165, 1.54) is 14.1 Å². The van der Waals surface area contributed by atoms with Crippen LogP contribution in [0.4, 0.5) is 8.78 Å². The van der Waals surface area contributed by atoms with Crippen molar-refractivity contribution >= 4 is 32.9 Å². The third kappa shape index (κ3) is 5.34. The van der Waals surface area contributed by atoms with Gasteiger partial charge in [0.2, 0.25) is 5.91 Å². The van der Waals surface area contributed by atoms with Crippen molar-refractivity contribution in [2.45, 2.75) is 88.4 Å². The highest BCUT2D eigenvalue weighted by molar-refractivity contribution is 7.87. The Hall–Kier alpha value is -3.55. The Bertz CT molecular complexity index is 1940. The number of nitrogens with one attached hydrogen (secondary N) is 1. The molecule has 4 fully saturated rings. The van der Waals surface area contributed by atoms with Gasteiger partial charge >= 0.3 is 16.8 Å². The number of halogens is 2. The Balaban J connectivity index is 1.32. The molecule has 2 amide bonds. The van der Waals surface area contributed by atoms with Crippen LogP contribution in [-0.4, -0.2) is 91.8 Å². The number of ether oxygens (including phenoxy) is 1. The number of likely N-dealkylation sites (N-methyl/N-ethyl adjacent to an activating group) is 1. The predicted molar refractivity (Wildman–Crippen MR) is 181 cm³/mol. The Kier molecular flexibility index (Phi) is 7.84. The molecule has 5 aliphatic rings. The summed E-state index contributed by atoms with van der Waals surface area (Å²) in [4.78, 5) is 32.8. The Labute approximate surface area is 285 Å².